The Labute approximate surface area is 163 Å². The van der Waals surface area contributed by atoms with E-state index in [2.05, 4.69) is 31.9 Å². The summed E-state index contributed by atoms with van der Waals surface area (Å²) in [5.74, 6) is 0.880. The van der Waals surface area contributed by atoms with Crippen LogP contribution in [0.15, 0.2) is 42.6 Å². The number of carbonyl (C=O) groups excluding carboxylic acids is 1. The molecular weight excluding hydrogens is 366 g/mol. The van der Waals surface area contributed by atoms with Gasteiger partial charge in [0.2, 0.25) is 5.91 Å². The summed E-state index contributed by atoms with van der Waals surface area (Å²) in [6.07, 6.45) is 1.95. The van der Waals surface area contributed by atoms with Gasteiger partial charge in [0.25, 0.3) is 0 Å². The van der Waals surface area contributed by atoms with E-state index in [4.69, 9.17) is 0 Å². The van der Waals surface area contributed by atoms with Crippen LogP contribution in [0.1, 0.15) is 11.1 Å². The van der Waals surface area contributed by atoms with Gasteiger partial charge < -0.3 is 19.9 Å². The lowest BCUT2D eigenvalue weighted by Crippen LogP contribution is -2.44. The molecule has 8 heteroatoms. The van der Waals surface area contributed by atoms with Crippen LogP contribution in [-0.4, -0.2) is 55.6 Å². The number of piperazine rings is 1. The summed E-state index contributed by atoms with van der Waals surface area (Å²) in [4.78, 5) is 21.1. The Morgan fingerprint density at radius 1 is 1.11 bits per heavy atom. The molecule has 0 saturated carbocycles. The van der Waals surface area contributed by atoms with Gasteiger partial charge in [-0.2, -0.15) is 8.78 Å². The van der Waals surface area contributed by atoms with Gasteiger partial charge in [0.15, 0.2) is 0 Å². The molecule has 1 amide bonds. The Morgan fingerprint density at radius 2 is 1.79 bits per heavy atom. The van der Waals surface area contributed by atoms with Gasteiger partial charge in [-0.3, -0.25) is 4.79 Å². The number of alkyl halides is 2. The first-order valence-corrected chi connectivity index (χ1v) is 9.18. The van der Waals surface area contributed by atoms with Crippen LogP contribution in [0.25, 0.3) is 0 Å². The number of ether oxygens (including phenoxy) is 1. The third kappa shape index (κ3) is 5.88. The SMILES string of the molecule is CN1CCN(c2ccc(CNC(=O)Cc3ccc(OC(F)F)cc3)cn2)CC1. The molecule has 0 atom stereocenters. The monoisotopic (exact) mass is 390 g/mol. The fraction of sp³-hybridized carbons (Fsp3) is 0.400. The van der Waals surface area contributed by atoms with Crippen LogP contribution in [0.2, 0.25) is 0 Å². The Morgan fingerprint density at radius 3 is 2.39 bits per heavy atom. The average molecular weight is 390 g/mol. The number of anilines is 1. The second kappa shape index (κ2) is 9.45. The van der Waals surface area contributed by atoms with E-state index in [1.807, 2.05) is 12.1 Å². The number of hydrogen-bond acceptors (Lipinski definition) is 5. The first-order valence-electron chi connectivity index (χ1n) is 9.18. The number of halogens is 2. The fourth-order valence-electron chi connectivity index (χ4n) is 2.98. The maximum absolute atomic E-state index is 12.1. The van der Waals surface area contributed by atoms with Crippen molar-refractivity contribution < 1.29 is 18.3 Å². The molecule has 1 N–H and O–H groups in total. The van der Waals surface area contributed by atoms with Crippen LogP contribution in [0.3, 0.4) is 0 Å². The van der Waals surface area contributed by atoms with Crippen molar-refractivity contribution in [2.75, 3.05) is 38.1 Å². The van der Waals surface area contributed by atoms with E-state index in [0.29, 0.717) is 6.54 Å². The molecule has 3 rings (SSSR count). The van der Waals surface area contributed by atoms with Crippen molar-refractivity contribution in [1.29, 1.82) is 0 Å². The molecule has 0 aliphatic carbocycles. The van der Waals surface area contributed by atoms with Gasteiger partial charge in [-0.05, 0) is 36.4 Å². The number of hydrogen-bond donors (Lipinski definition) is 1. The van der Waals surface area contributed by atoms with Crippen molar-refractivity contribution in [2.24, 2.45) is 0 Å². The number of rotatable bonds is 7. The molecule has 0 unspecified atom stereocenters. The first kappa shape index (κ1) is 20.0. The smallest absolute Gasteiger partial charge is 0.387 e. The van der Waals surface area contributed by atoms with Crippen LogP contribution >= 0.6 is 0 Å². The third-order valence-electron chi connectivity index (χ3n) is 4.64. The van der Waals surface area contributed by atoms with E-state index >= 15 is 0 Å². The average Bonchev–Trinajstić information content (AvgIpc) is 2.69. The lowest BCUT2D eigenvalue weighted by Gasteiger charge is -2.33. The van der Waals surface area contributed by atoms with Crippen molar-refractivity contribution in [3.05, 3.63) is 53.7 Å². The molecule has 0 radical (unpaired) electrons. The minimum Gasteiger partial charge on any atom is -0.435 e. The Bertz CT molecular complexity index is 761. The summed E-state index contributed by atoms with van der Waals surface area (Å²) in [5.41, 5.74) is 1.65. The molecule has 1 saturated heterocycles. The van der Waals surface area contributed by atoms with Crippen molar-refractivity contribution in [3.8, 4) is 5.75 Å². The molecule has 6 nitrogen and oxygen atoms in total. The number of nitrogens with zero attached hydrogens (tertiary/aromatic N) is 3. The zero-order valence-electron chi connectivity index (χ0n) is 15.8. The predicted molar refractivity (Wildman–Crippen MR) is 103 cm³/mol. The molecule has 1 fully saturated rings. The lowest BCUT2D eigenvalue weighted by atomic mass is 10.1. The summed E-state index contributed by atoms with van der Waals surface area (Å²) in [5, 5.41) is 2.85. The minimum atomic E-state index is -2.86. The van der Waals surface area contributed by atoms with E-state index in [9.17, 15) is 13.6 Å². The number of likely N-dealkylation sites (N-methyl/N-ethyl adjacent to an activating group) is 1. The van der Waals surface area contributed by atoms with Crippen LogP contribution < -0.4 is 15.0 Å². The first-order chi connectivity index (χ1) is 13.5. The Balaban J connectivity index is 1.45. The second-order valence-electron chi connectivity index (χ2n) is 6.79. The van der Waals surface area contributed by atoms with Gasteiger partial charge >= 0.3 is 6.61 Å². The van der Waals surface area contributed by atoms with Gasteiger partial charge in [-0.1, -0.05) is 18.2 Å². The molecule has 150 valence electrons. The van der Waals surface area contributed by atoms with Crippen LogP contribution in [0, 0.1) is 0 Å². The standard InChI is InChI=1S/C20H24F2N4O2/c1-25-8-10-26(11-9-25)18-7-4-16(13-23-18)14-24-19(27)12-15-2-5-17(6-3-15)28-20(21)22/h2-7,13,20H,8-12,14H2,1H3,(H,24,27). The van der Waals surface area contributed by atoms with Gasteiger partial charge in [-0.25, -0.2) is 4.98 Å². The van der Waals surface area contributed by atoms with Crippen LogP contribution in [-0.2, 0) is 17.8 Å². The van der Waals surface area contributed by atoms with Gasteiger partial charge in [-0.15, -0.1) is 0 Å². The van der Waals surface area contributed by atoms with Crippen molar-refractivity contribution >= 4 is 11.7 Å². The number of amides is 1. The zero-order valence-corrected chi connectivity index (χ0v) is 15.8. The van der Waals surface area contributed by atoms with Crippen LogP contribution in [0.5, 0.6) is 5.75 Å². The highest BCUT2D eigenvalue weighted by atomic mass is 19.3. The van der Waals surface area contributed by atoms with Gasteiger partial charge in [0, 0.05) is 38.9 Å². The van der Waals surface area contributed by atoms with Gasteiger partial charge in [0.1, 0.15) is 11.6 Å². The number of pyridine rings is 1. The van der Waals surface area contributed by atoms with Crippen molar-refractivity contribution in [2.45, 2.75) is 19.6 Å². The summed E-state index contributed by atoms with van der Waals surface area (Å²) < 4.78 is 28.6. The lowest BCUT2D eigenvalue weighted by molar-refractivity contribution is -0.120. The highest BCUT2D eigenvalue weighted by Gasteiger charge is 2.15. The molecule has 0 spiro atoms. The third-order valence-corrected chi connectivity index (χ3v) is 4.64. The molecule has 1 aromatic carbocycles. The summed E-state index contributed by atoms with van der Waals surface area (Å²) in [6.45, 7) is 1.50. The van der Waals surface area contributed by atoms with Crippen LogP contribution in [0.4, 0.5) is 14.6 Å². The maximum Gasteiger partial charge on any atom is 0.387 e. The Hall–Kier alpha value is -2.74. The van der Waals surface area contributed by atoms with E-state index in [-0.39, 0.29) is 18.1 Å². The fourth-order valence-corrected chi connectivity index (χ4v) is 2.98. The highest BCUT2D eigenvalue weighted by molar-refractivity contribution is 5.78. The number of benzene rings is 1. The summed E-state index contributed by atoms with van der Waals surface area (Å²) in [7, 11) is 2.11. The second-order valence-corrected chi connectivity index (χ2v) is 6.79. The van der Waals surface area contributed by atoms with Crippen molar-refractivity contribution in [1.82, 2.24) is 15.2 Å². The quantitative estimate of drug-likeness (QED) is 0.786. The molecular formula is C20H24F2N4O2. The largest absolute Gasteiger partial charge is 0.435 e. The van der Waals surface area contributed by atoms with E-state index in [0.717, 1.165) is 43.1 Å². The summed E-state index contributed by atoms with van der Waals surface area (Å²) >= 11 is 0. The molecule has 0 bridgehead atoms. The molecule has 1 aliphatic rings. The maximum atomic E-state index is 12.1. The van der Waals surface area contributed by atoms with E-state index in [1.165, 1.54) is 12.1 Å². The van der Waals surface area contributed by atoms with Gasteiger partial charge in [0.05, 0.1) is 6.42 Å². The van der Waals surface area contributed by atoms with E-state index in [1.54, 1.807) is 18.3 Å². The summed E-state index contributed by atoms with van der Waals surface area (Å²) in [6, 6.07) is 10.0. The molecule has 1 aromatic heterocycles. The van der Waals surface area contributed by atoms with Crippen molar-refractivity contribution in [3.63, 3.8) is 0 Å². The molecule has 2 heterocycles. The number of nitrogens with one attached hydrogen (secondary N) is 1. The predicted octanol–water partition coefficient (Wildman–Crippen LogP) is 2.29. The normalized spacial score (nSPS) is 14.9. The molecule has 2 aromatic rings. The molecule has 1 aliphatic heterocycles. The molecule has 28 heavy (non-hydrogen) atoms. The number of carbonyl (C=O) groups is 1. The number of aromatic nitrogens is 1. The highest BCUT2D eigenvalue weighted by Crippen LogP contribution is 2.16. The topological polar surface area (TPSA) is 57.7 Å². The minimum absolute atomic E-state index is 0.0747. The Kier molecular flexibility index (Phi) is 6.76. The zero-order chi connectivity index (χ0) is 19.9. The van der Waals surface area contributed by atoms with E-state index < -0.39 is 6.61 Å².